The van der Waals surface area contributed by atoms with E-state index in [1.165, 1.54) is 6.42 Å². The second-order valence-electron chi connectivity index (χ2n) is 4.29. The van der Waals surface area contributed by atoms with Gasteiger partial charge in [-0.15, -0.1) is 0 Å². The average Bonchev–Trinajstić information content (AvgIpc) is 2.28. The van der Waals surface area contributed by atoms with Crippen molar-refractivity contribution in [3.63, 3.8) is 0 Å². The highest BCUT2D eigenvalue weighted by molar-refractivity contribution is 9.10. The van der Waals surface area contributed by atoms with Crippen LogP contribution in [0.3, 0.4) is 0 Å². The van der Waals surface area contributed by atoms with E-state index in [9.17, 15) is 4.79 Å². The summed E-state index contributed by atoms with van der Waals surface area (Å²) in [5, 5.41) is 2.91. The van der Waals surface area contributed by atoms with Gasteiger partial charge in [0.05, 0.1) is 5.60 Å². The normalized spacial score (nSPS) is 17.3. The van der Waals surface area contributed by atoms with Gasteiger partial charge in [0.2, 0.25) is 0 Å². The third-order valence-corrected chi connectivity index (χ3v) is 3.69. The minimum Gasteiger partial charge on any atom is -0.376 e. The maximum atomic E-state index is 11.9. The summed E-state index contributed by atoms with van der Waals surface area (Å²) in [7, 11) is 1.70. The van der Waals surface area contributed by atoms with Gasteiger partial charge in [0.25, 0.3) is 5.91 Å². The predicted molar refractivity (Wildman–Crippen MR) is 67.9 cm³/mol. The molecule has 2 rings (SSSR count). The molecular weight excluding hydrogens is 284 g/mol. The summed E-state index contributed by atoms with van der Waals surface area (Å²) in [6.07, 6.45) is 4.81. The van der Waals surface area contributed by atoms with Crippen molar-refractivity contribution in [2.45, 2.75) is 24.9 Å². The molecule has 0 aliphatic heterocycles. The van der Waals surface area contributed by atoms with E-state index in [0.29, 0.717) is 16.7 Å². The molecule has 1 heterocycles. The topological polar surface area (TPSA) is 51.2 Å². The monoisotopic (exact) mass is 298 g/mol. The van der Waals surface area contributed by atoms with Crippen molar-refractivity contribution in [3.05, 3.63) is 28.5 Å². The molecule has 17 heavy (non-hydrogen) atoms. The highest BCUT2D eigenvalue weighted by Gasteiger charge is 2.37. The van der Waals surface area contributed by atoms with Crippen molar-refractivity contribution in [1.29, 1.82) is 0 Å². The molecule has 1 fully saturated rings. The van der Waals surface area contributed by atoms with Gasteiger partial charge >= 0.3 is 0 Å². The van der Waals surface area contributed by atoms with Gasteiger partial charge in [0.15, 0.2) is 0 Å². The van der Waals surface area contributed by atoms with Crippen molar-refractivity contribution in [3.8, 4) is 0 Å². The lowest BCUT2D eigenvalue weighted by Crippen LogP contribution is -2.49. The number of pyridine rings is 1. The molecule has 1 aliphatic carbocycles. The molecule has 0 atom stereocenters. The van der Waals surface area contributed by atoms with E-state index < -0.39 is 0 Å². The van der Waals surface area contributed by atoms with E-state index in [2.05, 4.69) is 26.2 Å². The first-order valence-electron chi connectivity index (χ1n) is 5.60. The van der Waals surface area contributed by atoms with Crippen LogP contribution in [0.25, 0.3) is 0 Å². The summed E-state index contributed by atoms with van der Waals surface area (Å²) in [5.74, 6) is -0.0866. The Morgan fingerprint density at radius 1 is 1.65 bits per heavy atom. The zero-order valence-corrected chi connectivity index (χ0v) is 11.3. The molecule has 0 bridgehead atoms. The number of carbonyl (C=O) groups excluding carboxylic acids is 1. The number of methoxy groups -OCH3 is 1. The Balaban J connectivity index is 1.93. The minimum atomic E-state index is -0.139. The molecule has 1 aliphatic rings. The molecule has 0 aromatic carbocycles. The Morgan fingerprint density at radius 3 is 2.94 bits per heavy atom. The van der Waals surface area contributed by atoms with E-state index in [4.69, 9.17) is 4.74 Å². The molecular formula is C12H15BrN2O2. The van der Waals surface area contributed by atoms with Crippen LogP contribution in [0, 0.1) is 0 Å². The first-order valence-corrected chi connectivity index (χ1v) is 6.39. The van der Waals surface area contributed by atoms with Crippen LogP contribution in [0.15, 0.2) is 22.9 Å². The first kappa shape index (κ1) is 12.5. The van der Waals surface area contributed by atoms with Crippen LogP contribution in [-0.2, 0) is 4.74 Å². The van der Waals surface area contributed by atoms with E-state index in [-0.39, 0.29) is 11.5 Å². The number of halogens is 1. The number of rotatable bonds is 4. The standard InChI is InChI=1S/C12H15BrN2O2/c1-17-12(4-2-5-12)8-15-11(16)9-3-6-14-10(13)7-9/h3,6-7H,2,4-5,8H2,1H3,(H,15,16). The molecule has 1 aromatic rings. The van der Waals surface area contributed by atoms with Crippen molar-refractivity contribution in [2.75, 3.05) is 13.7 Å². The highest BCUT2D eigenvalue weighted by Crippen LogP contribution is 2.34. The number of amides is 1. The fourth-order valence-electron chi connectivity index (χ4n) is 1.91. The van der Waals surface area contributed by atoms with E-state index in [1.807, 2.05) is 0 Å². The van der Waals surface area contributed by atoms with Gasteiger partial charge in [-0.05, 0) is 47.3 Å². The van der Waals surface area contributed by atoms with Gasteiger partial charge in [0, 0.05) is 25.4 Å². The maximum absolute atomic E-state index is 11.9. The first-order chi connectivity index (χ1) is 8.15. The molecule has 0 spiro atoms. The van der Waals surface area contributed by atoms with Crippen molar-refractivity contribution in [2.24, 2.45) is 0 Å². The van der Waals surface area contributed by atoms with Crippen molar-refractivity contribution >= 4 is 21.8 Å². The maximum Gasteiger partial charge on any atom is 0.251 e. The zero-order valence-electron chi connectivity index (χ0n) is 9.70. The van der Waals surface area contributed by atoms with Gasteiger partial charge in [-0.2, -0.15) is 0 Å². The quantitative estimate of drug-likeness (QED) is 0.867. The number of nitrogens with one attached hydrogen (secondary N) is 1. The summed E-state index contributed by atoms with van der Waals surface area (Å²) in [6.45, 7) is 0.572. The third-order valence-electron chi connectivity index (χ3n) is 3.26. The molecule has 0 saturated heterocycles. The molecule has 0 radical (unpaired) electrons. The second-order valence-corrected chi connectivity index (χ2v) is 5.10. The lowest BCUT2D eigenvalue weighted by atomic mass is 9.80. The fourth-order valence-corrected chi connectivity index (χ4v) is 2.28. The lowest BCUT2D eigenvalue weighted by Gasteiger charge is -2.40. The van der Waals surface area contributed by atoms with Gasteiger partial charge in [0.1, 0.15) is 4.60 Å². The lowest BCUT2D eigenvalue weighted by molar-refractivity contribution is -0.0679. The van der Waals surface area contributed by atoms with Crippen LogP contribution in [0.4, 0.5) is 0 Å². The fraction of sp³-hybridized carbons (Fsp3) is 0.500. The Bertz CT molecular complexity index is 413. The summed E-state index contributed by atoms with van der Waals surface area (Å²) < 4.78 is 6.11. The van der Waals surface area contributed by atoms with Crippen LogP contribution in [0.1, 0.15) is 29.6 Å². The van der Waals surface area contributed by atoms with Crippen LogP contribution < -0.4 is 5.32 Å². The largest absolute Gasteiger partial charge is 0.376 e. The van der Waals surface area contributed by atoms with E-state index >= 15 is 0 Å². The second kappa shape index (κ2) is 5.14. The van der Waals surface area contributed by atoms with Gasteiger partial charge in [-0.25, -0.2) is 4.98 Å². The van der Waals surface area contributed by atoms with Crippen LogP contribution in [0.2, 0.25) is 0 Å². The number of carbonyl (C=O) groups is 1. The van der Waals surface area contributed by atoms with Gasteiger partial charge in [-0.3, -0.25) is 4.79 Å². The number of ether oxygens (including phenoxy) is 1. The summed E-state index contributed by atoms with van der Waals surface area (Å²) in [4.78, 5) is 15.9. The minimum absolute atomic E-state index is 0.0866. The Kier molecular flexibility index (Phi) is 3.79. The van der Waals surface area contributed by atoms with Crippen LogP contribution >= 0.6 is 15.9 Å². The Morgan fingerprint density at radius 2 is 2.41 bits per heavy atom. The molecule has 4 nitrogen and oxygen atoms in total. The summed E-state index contributed by atoms with van der Waals surface area (Å²) >= 11 is 3.24. The molecule has 0 unspecified atom stereocenters. The van der Waals surface area contributed by atoms with Gasteiger partial charge < -0.3 is 10.1 Å². The highest BCUT2D eigenvalue weighted by atomic mass is 79.9. The Labute approximate surface area is 109 Å². The Hall–Kier alpha value is -0.940. The molecule has 1 N–H and O–H groups in total. The number of hydrogen-bond acceptors (Lipinski definition) is 3. The van der Waals surface area contributed by atoms with Gasteiger partial charge in [-0.1, -0.05) is 0 Å². The van der Waals surface area contributed by atoms with E-state index in [1.54, 1.807) is 25.4 Å². The molecule has 92 valence electrons. The SMILES string of the molecule is COC1(CNC(=O)c2ccnc(Br)c2)CCC1. The number of hydrogen-bond donors (Lipinski definition) is 1. The molecule has 5 heteroatoms. The van der Waals surface area contributed by atoms with Crippen molar-refractivity contribution < 1.29 is 9.53 Å². The number of aromatic nitrogens is 1. The van der Waals surface area contributed by atoms with Crippen LogP contribution in [-0.4, -0.2) is 30.1 Å². The smallest absolute Gasteiger partial charge is 0.251 e. The predicted octanol–water partition coefficient (Wildman–Crippen LogP) is 2.14. The average molecular weight is 299 g/mol. The molecule has 1 aromatic heterocycles. The molecule has 1 saturated carbocycles. The zero-order chi connectivity index (χ0) is 12.3. The molecule has 1 amide bonds. The van der Waals surface area contributed by atoms with E-state index in [0.717, 1.165) is 12.8 Å². The van der Waals surface area contributed by atoms with Crippen LogP contribution in [0.5, 0.6) is 0 Å². The number of nitrogens with zero attached hydrogens (tertiary/aromatic N) is 1. The summed E-state index contributed by atoms with van der Waals surface area (Å²) in [5.41, 5.74) is 0.470. The third kappa shape index (κ3) is 2.84. The van der Waals surface area contributed by atoms with Crippen molar-refractivity contribution in [1.82, 2.24) is 10.3 Å². The summed E-state index contributed by atoms with van der Waals surface area (Å²) in [6, 6.07) is 3.40.